The summed E-state index contributed by atoms with van der Waals surface area (Å²) in [7, 11) is 0. The number of carbonyl (C=O) groups is 1. The number of aryl methyl sites for hydroxylation is 1. The van der Waals surface area contributed by atoms with Crippen molar-refractivity contribution in [1.82, 2.24) is 15.5 Å². The predicted molar refractivity (Wildman–Crippen MR) is 73.1 cm³/mol. The first-order valence-electron chi connectivity index (χ1n) is 7.36. The smallest absolute Gasteiger partial charge is 0.246 e. The SMILES string of the molecule is CCOCC(=O)NC1(c2noc(C)n2)CCCCCC1. The lowest BCUT2D eigenvalue weighted by molar-refractivity contribution is -0.128. The summed E-state index contributed by atoms with van der Waals surface area (Å²) in [5.74, 6) is 1.01. The molecule has 0 aromatic carbocycles. The van der Waals surface area contributed by atoms with E-state index in [2.05, 4.69) is 15.5 Å². The van der Waals surface area contributed by atoms with Crippen LogP contribution in [0.4, 0.5) is 0 Å². The van der Waals surface area contributed by atoms with Gasteiger partial charge in [0.25, 0.3) is 0 Å². The van der Waals surface area contributed by atoms with E-state index in [1.54, 1.807) is 6.92 Å². The van der Waals surface area contributed by atoms with Crippen LogP contribution in [0.15, 0.2) is 4.52 Å². The van der Waals surface area contributed by atoms with Crippen molar-refractivity contribution < 1.29 is 14.1 Å². The van der Waals surface area contributed by atoms with E-state index in [1.807, 2.05) is 6.92 Å². The van der Waals surface area contributed by atoms with Gasteiger partial charge >= 0.3 is 0 Å². The average Bonchev–Trinajstić information content (AvgIpc) is 2.73. The van der Waals surface area contributed by atoms with Crippen LogP contribution in [0, 0.1) is 6.92 Å². The lowest BCUT2D eigenvalue weighted by Gasteiger charge is -2.30. The summed E-state index contributed by atoms with van der Waals surface area (Å²) in [6, 6.07) is 0. The Morgan fingerprint density at radius 2 is 2.05 bits per heavy atom. The van der Waals surface area contributed by atoms with Crippen molar-refractivity contribution in [2.24, 2.45) is 0 Å². The minimum Gasteiger partial charge on any atom is -0.372 e. The number of nitrogens with one attached hydrogen (secondary N) is 1. The molecule has 20 heavy (non-hydrogen) atoms. The van der Waals surface area contributed by atoms with Crippen LogP contribution in [-0.2, 0) is 15.1 Å². The minimum atomic E-state index is -0.498. The highest BCUT2D eigenvalue weighted by Crippen LogP contribution is 2.34. The van der Waals surface area contributed by atoms with Gasteiger partial charge in [0.15, 0.2) is 5.82 Å². The van der Waals surface area contributed by atoms with Gasteiger partial charge in [-0.15, -0.1) is 0 Å². The summed E-state index contributed by atoms with van der Waals surface area (Å²) in [6.45, 7) is 4.25. The van der Waals surface area contributed by atoms with Crippen LogP contribution in [0.3, 0.4) is 0 Å². The second-order valence-electron chi connectivity index (χ2n) is 5.32. The molecule has 2 rings (SSSR count). The molecule has 1 saturated carbocycles. The largest absolute Gasteiger partial charge is 0.372 e. The molecule has 0 spiro atoms. The van der Waals surface area contributed by atoms with Crippen molar-refractivity contribution in [2.75, 3.05) is 13.2 Å². The normalized spacial score (nSPS) is 18.5. The molecule has 1 N–H and O–H groups in total. The fraction of sp³-hybridized carbons (Fsp3) is 0.786. The second kappa shape index (κ2) is 6.83. The third-order valence-electron chi connectivity index (χ3n) is 3.73. The molecule has 6 nitrogen and oxygen atoms in total. The second-order valence-corrected chi connectivity index (χ2v) is 5.32. The van der Waals surface area contributed by atoms with Gasteiger partial charge in [-0.1, -0.05) is 30.8 Å². The summed E-state index contributed by atoms with van der Waals surface area (Å²) in [4.78, 5) is 16.4. The Morgan fingerprint density at radius 1 is 1.35 bits per heavy atom. The Bertz CT molecular complexity index is 437. The molecule has 6 heteroatoms. The molecule has 1 amide bonds. The summed E-state index contributed by atoms with van der Waals surface area (Å²) >= 11 is 0. The van der Waals surface area contributed by atoms with Crippen molar-refractivity contribution in [3.8, 4) is 0 Å². The molecule has 0 aliphatic heterocycles. The van der Waals surface area contributed by atoms with E-state index in [0.717, 1.165) is 25.7 Å². The van der Waals surface area contributed by atoms with Crippen molar-refractivity contribution in [3.63, 3.8) is 0 Å². The fourth-order valence-electron chi connectivity index (χ4n) is 2.73. The first-order chi connectivity index (χ1) is 9.66. The van der Waals surface area contributed by atoms with E-state index in [4.69, 9.17) is 9.26 Å². The van der Waals surface area contributed by atoms with Crippen LogP contribution in [-0.4, -0.2) is 29.3 Å². The lowest BCUT2D eigenvalue weighted by Crippen LogP contribution is -2.47. The van der Waals surface area contributed by atoms with Gasteiger partial charge in [-0.3, -0.25) is 4.79 Å². The number of amides is 1. The molecule has 1 aliphatic carbocycles. The quantitative estimate of drug-likeness (QED) is 0.836. The summed E-state index contributed by atoms with van der Waals surface area (Å²) in [6.07, 6.45) is 6.18. The predicted octanol–water partition coefficient (Wildman–Crippen LogP) is 2.08. The molecule has 0 atom stereocenters. The minimum absolute atomic E-state index is 0.0785. The van der Waals surface area contributed by atoms with E-state index in [9.17, 15) is 4.79 Å². The Kier molecular flexibility index (Phi) is 5.11. The molecule has 1 heterocycles. The van der Waals surface area contributed by atoms with Gasteiger partial charge in [-0.25, -0.2) is 0 Å². The number of hydrogen-bond acceptors (Lipinski definition) is 5. The third-order valence-corrected chi connectivity index (χ3v) is 3.73. The zero-order valence-corrected chi connectivity index (χ0v) is 12.3. The molecular weight excluding hydrogens is 258 g/mol. The van der Waals surface area contributed by atoms with Crippen LogP contribution in [0.5, 0.6) is 0 Å². The van der Waals surface area contributed by atoms with Gasteiger partial charge in [-0.05, 0) is 19.8 Å². The van der Waals surface area contributed by atoms with Gasteiger partial charge in [0.1, 0.15) is 12.1 Å². The highest BCUT2D eigenvalue weighted by atomic mass is 16.5. The lowest BCUT2D eigenvalue weighted by atomic mass is 9.89. The van der Waals surface area contributed by atoms with Gasteiger partial charge < -0.3 is 14.6 Å². The van der Waals surface area contributed by atoms with Gasteiger partial charge in [0.2, 0.25) is 11.8 Å². The third kappa shape index (κ3) is 3.56. The van der Waals surface area contributed by atoms with E-state index in [0.29, 0.717) is 18.3 Å². The van der Waals surface area contributed by atoms with Crippen molar-refractivity contribution >= 4 is 5.91 Å². The zero-order chi connectivity index (χ0) is 14.4. The Labute approximate surface area is 119 Å². The first-order valence-corrected chi connectivity index (χ1v) is 7.36. The summed E-state index contributed by atoms with van der Waals surface area (Å²) in [5, 5.41) is 7.13. The monoisotopic (exact) mass is 281 g/mol. The highest BCUT2D eigenvalue weighted by Gasteiger charge is 2.38. The fourth-order valence-corrected chi connectivity index (χ4v) is 2.73. The molecule has 0 saturated heterocycles. The number of carbonyl (C=O) groups excluding carboxylic acids is 1. The molecular formula is C14H23N3O3. The highest BCUT2D eigenvalue weighted by molar-refractivity contribution is 5.78. The van der Waals surface area contributed by atoms with Crippen LogP contribution in [0.2, 0.25) is 0 Å². The standard InChI is InChI=1S/C14H23N3O3/c1-3-19-10-12(18)16-14(8-6-4-5-7-9-14)13-15-11(2)20-17-13/h3-10H2,1-2H3,(H,16,18). The van der Waals surface area contributed by atoms with Gasteiger partial charge in [0.05, 0.1) is 0 Å². The van der Waals surface area contributed by atoms with Gasteiger partial charge in [-0.2, -0.15) is 4.98 Å². The Hall–Kier alpha value is -1.43. The number of rotatable bonds is 5. The maximum atomic E-state index is 12.0. The summed E-state index contributed by atoms with van der Waals surface area (Å²) < 4.78 is 10.3. The van der Waals surface area contributed by atoms with Crippen molar-refractivity contribution in [1.29, 1.82) is 0 Å². The van der Waals surface area contributed by atoms with Crippen LogP contribution in [0.1, 0.15) is 57.2 Å². The van der Waals surface area contributed by atoms with Crippen LogP contribution < -0.4 is 5.32 Å². The average molecular weight is 281 g/mol. The van der Waals surface area contributed by atoms with Crippen molar-refractivity contribution in [2.45, 2.75) is 57.9 Å². The van der Waals surface area contributed by atoms with E-state index in [-0.39, 0.29) is 12.5 Å². The molecule has 1 aromatic rings. The number of aromatic nitrogens is 2. The Morgan fingerprint density at radius 3 is 2.60 bits per heavy atom. The molecule has 0 radical (unpaired) electrons. The van der Waals surface area contributed by atoms with Crippen molar-refractivity contribution in [3.05, 3.63) is 11.7 Å². The molecule has 1 fully saturated rings. The molecule has 1 aliphatic rings. The molecule has 0 bridgehead atoms. The number of ether oxygens (including phenoxy) is 1. The maximum Gasteiger partial charge on any atom is 0.246 e. The molecule has 0 unspecified atom stereocenters. The number of hydrogen-bond donors (Lipinski definition) is 1. The maximum absolute atomic E-state index is 12.0. The molecule has 1 aromatic heterocycles. The van der Waals surface area contributed by atoms with E-state index < -0.39 is 5.54 Å². The van der Waals surface area contributed by atoms with Crippen LogP contribution in [0.25, 0.3) is 0 Å². The van der Waals surface area contributed by atoms with Gasteiger partial charge in [0, 0.05) is 13.5 Å². The van der Waals surface area contributed by atoms with Crippen LogP contribution >= 0.6 is 0 Å². The first kappa shape index (κ1) is 15.0. The number of nitrogens with zero attached hydrogens (tertiary/aromatic N) is 2. The van der Waals surface area contributed by atoms with E-state index in [1.165, 1.54) is 12.8 Å². The molecule has 112 valence electrons. The topological polar surface area (TPSA) is 77.2 Å². The summed E-state index contributed by atoms with van der Waals surface area (Å²) in [5.41, 5.74) is -0.498. The van der Waals surface area contributed by atoms with E-state index >= 15 is 0 Å². The zero-order valence-electron chi connectivity index (χ0n) is 12.3. The Balaban J connectivity index is 2.17.